The highest BCUT2D eigenvalue weighted by Crippen LogP contribution is 2.68. The largest absolute Gasteiger partial charge is 0.394 e. The summed E-state index contributed by atoms with van der Waals surface area (Å²) in [6.07, 6.45) is 0.952. The molecule has 3 aliphatic rings. The van der Waals surface area contributed by atoms with Crippen LogP contribution in [-0.2, 0) is 20.8 Å². The van der Waals surface area contributed by atoms with E-state index in [1.807, 2.05) is 84.9 Å². The van der Waals surface area contributed by atoms with E-state index in [-0.39, 0.29) is 34.4 Å². The first-order valence-corrected chi connectivity index (χ1v) is 17.4. The van der Waals surface area contributed by atoms with Crippen molar-refractivity contribution in [2.75, 3.05) is 35.2 Å². The Bertz CT molecular complexity index is 1520. The van der Waals surface area contributed by atoms with Gasteiger partial charge in [0, 0.05) is 40.2 Å². The molecule has 45 heavy (non-hydrogen) atoms. The number of likely N-dealkylation sites (tertiary alicyclic amines) is 1. The second-order valence-corrected chi connectivity index (χ2v) is 14.7. The van der Waals surface area contributed by atoms with Crippen LogP contribution in [-0.4, -0.2) is 74.3 Å². The minimum absolute atomic E-state index is 0.0524. The summed E-state index contributed by atoms with van der Waals surface area (Å²) in [7, 11) is 0. The predicted molar refractivity (Wildman–Crippen MR) is 184 cm³/mol. The average molecular weight is 692 g/mol. The number of rotatable bonds is 11. The third kappa shape index (κ3) is 5.77. The van der Waals surface area contributed by atoms with Crippen molar-refractivity contribution in [3.63, 3.8) is 0 Å². The maximum absolute atomic E-state index is 14.6. The highest BCUT2D eigenvalue weighted by atomic mass is 79.9. The molecule has 3 aromatic rings. The monoisotopic (exact) mass is 690 g/mol. The van der Waals surface area contributed by atoms with Gasteiger partial charge in [0.25, 0.3) is 0 Å². The van der Waals surface area contributed by atoms with Crippen molar-refractivity contribution in [2.24, 2.45) is 11.8 Å². The standard InChI is InChI=1S/C35H39BrN4O4S/c1-3-39(4-2)25-17-15-24(16-18-25)38-33(43)31-35-20-27(36)30(45-35)28(32(42)37-23-13-9-6-10-14-23)29(35)34(44)40(31)26(21-41)19-22-11-7-5-8-12-22/h5-18,26-31,41H,3-4,19-21H2,1-2H3,(H,37,42)(H,38,43)/t26-,27?,28-,29+,30-,31?,35?/m1/s1. The molecule has 236 valence electrons. The van der Waals surface area contributed by atoms with Gasteiger partial charge in [-0.15, -0.1) is 11.8 Å². The van der Waals surface area contributed by atoms with Crippen LogP contribution in [0.25, 0.3) is 0 Å². The zero-order valence-electron chi connectivity index (χ0n) is 25.4. The average Bonchev–Trinajstić information content (AvgIpc) is 3.65. The van der Waals surface area contributed by atoms with E-state index in [0.717, 1.165) is 24.3 Å². The zero-order valence-corrected chi connectivity index (χ0v) is 27.8. The molecule has 3 aliphatic heterocycles. The molecule has 0 aliphatic carbocycles. The summed E-state index contributed by atoms with van der Waals surface area (Å²) in [6, 6.07) is 25.2. The topological polar surface area (TPSA) is 102 Å². The number of para-hydroxylation sites is 1. The molecule has 3 unspecified atom stereocenters. The first kappa shape index (κ1) is 31.6. The van der Waals surface area contributed by atoms with E-state index in [1.54, 1.807) is 16.7 Å². The van der Waals surface area contributed by atoms with Crippen LogP contribution in [0.5, 0.6) is 0 Å². The summed E-state index contributed by atoms with van der Waals surface area (Å²) >= 11 is 5.42. The second kappa shape index (κ2) is 13.2. The van der Waals surface area contributed by atoms with Crippen molar-refractivity contribution in [3.05, 3.63) is 90.5 Å². The van der Waals surface area contributed by atoms with Gasteiger partial charge in [-0.1, -0.05) is 64.5 Å². The summed E-state index contributed by atoms with van der Waals surface area (Å²) < 4.78 is -0.829. The number of benzene rings is 3. The van der Waals surface area contributed by atoms with Crippen LogP contribution in [0.4, 0.5) is 17.1 Å². The fourth-order valence-corrected chi connectivity index (χ4v) is 11.1. The lowest BCUT2D eigenvalue weighted by Crippen LogP contribution is -2.55. The molecule has 3 aromatic carbocycles. The highest BCUT2D eigenvalue weighted by molar-refractivity contribution is 9.09. The summed E-state index contributed by atoms with van der Waals surface area (Å²) in [5, 5.41) is 16.7. The first-order chi connectivity index (χ1) is 21.8. The molecule has 8 nitrogen and oxygen atoms in total. The van der Waals surface area contributed by atoms with E-state index in [4.69, 9.17) is 0 Å². The van der Waals surface area contributed by atoms with Gasteiger partial charge in [-0.05, 0) is 68.7 Å². The lowest BCUT2D eigenvalue weighted by molar-refractivity contribution is -0.141. The van der Waals surface area contributed by atoms with Gasteiger partial charge in [-0.25, -0.2) is 0 Å². The molecular weight excluding hydrogens is 652 g/mol. The van der Waals surface area contributed by atoms with Gasteiger partial charge in [0.15, 0.2) is 0 Å². The van der Waals surface area contributed by atoms with Crippen molar-refractivity contribution in [3.8, 4) is 0 Å². The molecular formula is C35H39BrN4O4S. The number of carbonyl (C=O) groups is 3. The number of hydrogen-bond donors (Lipinski definition) is 3. The number of nitrogens with one attached hydrogen (secondary N) is 2. The minimum atomic E-state index is -0.872. The number of fused-ring (bicyclic) bond motifs is 1. The van der Waals surface area contributed by atoms with Gasteiger partial charge in [0.1, 0.15) is 6.04 Å². The molecule has 1 spiro atoms. The van der Waals surface area contributed by atoms with Crippen LogP contribution in [0.2, 0.25) is 0 Å². The number of anilines is 3. The number of thioether (sulfide) groups is 1. The van der Waals surface area contributed by atoms with Crippen molar-refractivity contribution >= 4 is 62.5 Å². The van der Waals surface area contributed by atoms with E-state index in [9.17, 15) is 19.5 Å². The van der Waals surface area contributed by atoms with Crippen molar-refractivity contribution in [2.45, 2.75) is 53.6 Å². The third-order valence-electron chi connectivity index (χ3n) is 9.50. The second-order valence-electron chi connectivity index (χ2n) is 12.0. The van der Waals surface area contributed by atoms with Crippen LogP contribution in [0.3, 0.4) is 0 Å². The fourth-order valence-electron chi connectivity index (χ4n) is 7.50. The quantitative estimate of drug-likeness (QED) is 0.240. The molecule has 3 saturated heterocycles. The molecule has 0 saturated carbocycles. The van der Waals surface area contributed by atoms with Gasteiger partial charge in [-0.3, -0.25) is 14.4 Å². The maximum atomic E-state index is 14.6. The molecule has 3 fully saturated rings. The molecule has 3 amide bonds. The molecule has 0 radical (unpaired) electrons. The number of amides is 3. The Kier molecular flexibility index (Phi) is 9.27. The van der Waals surface area contributed by atoms with Gasteiger partial charge in [-0.2, -0.15) is 0 Å². The lowest BCUT2D eigenvalue weighted by Gasteiger charge is -2.37. The van der Waals surface area contributed by atoms with E-state index < -0.39 is 28.7 Å². The Balaban J connectivity index is 1.36. The number of hydrogen-bond acceptors (Lipinski definition) is 6. The van der Waals surface area contributed by atoms with E-state index in [0.29, 0.717) is 24.2 Å². The van der Waals surface area contributed by atoms with Crippen LogP contribution >= 0.6 is 27.7 Å². The predicted octanol–water partition coefficient (Wildman–Crippen LogP) is 5.18. The molecule has 2 bridgehead atoms. The third-order valence-corrected chi connectivity index (χ3v) is 12.7. The minimum Gasteiger partial charge on any atom is -0.394 e. The Morgan fingerprint density at radius 3 is 2.18 bits per heavy atom. The van der Waals surface area contributed by atoms with Crippen molar-refractivity contribution in [1.29, 1.82) is 0 Å². The van der Waals surface area contributed by atoms with Crippen LogP contribution in [0.1, 0.15) is 25.8 Å². The van der Waals surface area contributed by atoms with Gasteiger partial charge < -0.3 is 25.5 Å². The first-order valence-electron chi connectivity index (χ1n) is 15.6. The molecule has 3 heterocycles. The Morgan fingerprint density at radius 2 is 1.56 bits per heavy atom. The van der Waals surface area contributed by atoms with Crippen molar-refractivity contribution < 1.29 is 19.5 Å². The number of carbonyl (C=O) groups excluding carboxylic acids is 3. The summed E-state index contributed by atoms with van der Waals surface area (Å²) in [5.74, 6) is -2.10. The SMILES string of the molecule is CCN(CC)c1ccc(NC(=O)C2N([C@@H](CO)Cc3ccccc3)C(=O)[C@@H]3[C@@H](C(=O)Nc4ccccc4)[C@@H]4SC23CC4Br)cc1. The number of alkyl halides is 1. The normalized spacial score (nSPS) is 27.2. The van der Waals surface area contributed by atoms with Gasteiger partial charge in [0.05, 0.1) is 29.2 Å². The van der Waals surface area contributed by atoms with Crippen LogP contribution in [0.15, 0.2) is 84.9 Å². The molecule has 6 rings (SSSR count). The maximum Gasteiger partial charge on any atom is 0.248 e. The molecule has 3 N–H and O–H groups in total. The Morgan fingerprint density at radius 1 is 0.956 bits per heavy atom. The van der Waals surface area contributed by atoms with Gasteiger partial charge in [0.2, 0.25) is 17.7 Å². The summed E-state index contributed by atoms with van der Waals surface area (Å²) in [6.45, 7) is 5.65. The summed E-state index contributed by atoms with van der Waals surface area (Å²) in [5.41, 5.74) is 3.33. The zero-order chi connectivity index (χ0) is 31.7. The smallest absolute Gasteiger partial charge is 0.248 e. The molecule has 0 aromatic heterocycles. The Hall–Kier alpha value is -3.34. The van der Waals surface area contributed by atoms with E-state index >= 15 is 0 Å². The Labute approximate surface area is 277 Å². The number of nitrogens with zero attached hydrogens (tertiary/aromatic N) is 2. The van der Waals surface area contributed by atoms with E-state index in [2.05, 4.69) is 45.3 Å². The van der Waals surface area contributed by atoms with Crippen LogP contribution in [0, 0.1) is 11.8 Å². The lowest BCUT2D eigenvalue weighted by atomic mass is 9.70. The molecule has 10 heteroatoms. The summed E-state index contributed by atoms with van der Waals surface area (Å²) in [4.78, 5) is 46.7. The van der Waals surface area contributed by atoms with E-state index in [1.165, 1.54) is 0 Å². The number of aliphatic hydroxyl groups is 1. The van der Waals surface area contributed by atoms with Gasteiger partial charge >= 0.3 is 0 Å². The van der Waals surface area contributed by atoms with Crippen LogP contribution < -0.4 is 15.5 Å². The fraction of sp³-hybridized carbons (Fsp3) is 0.400. The van der Waals surface area contributed by atoms with Crippen molar-refractivity contribution in [1.82, 2.24) is 4.90 Å². The number of halogens is 1. The highest BCUT2D eigenvalue weighted by Gasteiger charge is 2.76. The number of aliphatic hydroxyl groups excluding tert-OH is 1. The molecule has 7 atom stereocenters.